The molecule has 1 N–H and O–H groups in total. The van der Waals surface area contributed by atoms with Crippen LogP contribution in [0.5, 0.6) is 5.75 Å². The van der Waals surface area contributed by atoms with E-state index in [0.717, 1.165) is 17.3 Å². The molecule has 2 aliphatic heterocycles. The third-order valence-electron chi connectivity index (χ3n) is 5.53. The number of benzene rings is 1. The Hall–Kier alpha value is -3.46. The molecule has 9 heteroatoms. The molecular weight excluding hydrogens is 386 g/mol. The molecule has 2 aromatic heterocycles. The highest BCUT2D eigenvalue weighted by Crippen LogP contribution is 2.30. The van der Waals surface area contributed by atoms with E-state index in [1.165, 1.54) is 4.90 Å². The monoisotopic (exact) mass is 407 g/mol. The van der Waals surface area contributed by atoms with Crippen LogP contribution in [0.3, 0.4) is 0 Å². The molecule has 5 rings (SSSR count). The van der Waals surface area contributed by atoms with Crippen molar-refractivity contribution in [1.29, 1.82) is 0 Å². The molecule has 0 radical (unpaired) electrons. The summed E-state index contributed by atoms with van der Waals surface area (Å²) in [6.45, 7) is 1.34. The van der Waals surface area contributed by atoms with Crippen molar-refractivity contribution in [3.63, 3.8) is 0 Å². The van der Waals surface area contributed by atoms with E-state index in [0.29, 0.717) is 24.7 Å². The second kappa shape index (κ2) is 7.42. The molecule has 1 saturated heterocycles. The maximum atomic E-state index is 12.9. The van der Waals surface area contributed by atoms with E-state index < -0.39 is 11.9 Å². The minimum Gasteiger partial charge on any atom is -0.489 e. The van der Waals surface area contributed by atoms with E-state index in [4.69, 9.17) is 9.47 Å². The fourth-order valence-corrected chi connectivity index (χ4v) is 3.86. The number of carbonyl (C=O) groups excluding carboxylic acids is 2. The number of para-hydroxylation sites is 2. The number of anilines is 1. The van der Waals surface area contributed by atoms with Gasteiger partial charge in [0.15, 0.2) is 0 Å². The Morgan fingerprint density at radius 3 is 2.93 bits per heavy atom. The Morgan fingerprint density at radius 2 is 2.10 bits per heavy atom. The molecule has 2 unspecified atom stereocenters. The van der Waals surface area contributed by atoms with E-state index in [1.54, 1.807) is 37.6 Å². The first-order valence-corrected chi connectivity index (χ1v) is 9.83. The summed E-state index contributed by atoms with van der Waals surface area (Å²) in [6.07, 6.45) is 4.23. The molecule has 0 bridgehead atoms. The van der Waals surface area contributed by atoms with Crippen LogP contribution < -0.4 is 15.0 Å². The predicted molar refractivity (Wildman–Crippen MR) is 109 cm³/mol. The predicted octanol–water partition coefficient (Wildman–Crippen LogP) is 1.55. The largest absolute Gasteiger partial charge is 0.489 e. The second-order valence-corrected chi connectivity index (χ2v) is 7.44. The fraction of sp³-hybridized carbons (Fsp3) is 0.333. The first-order valence-electron chi connectivity index (χ1n) is 9.83. The van der Waals surface area contributed by atoms with E-state index in [9.17, 15) is 9.59 Å². The first-order chi connectivity index (χ1) is 14.6. The highest BCUT2D eigenvalue weighted by Gasteiger charge is 2.31. The number of aromatic nitrogens is 3. The van der Waals surface area contributed by atoms with Crippen molar-refractivity contribution in [1.82, 2.24) is 20.1 Å². The zero-order valence-electron chi connectivity index (χ0n) is 16.4. The van der Waals surface area contributed by atoms with Gasteiger partial charge in [0.1, 0.15) is 24.1 Å². The number of likely N-dealkylation sites (N-methyl/N-ethyl adjacent to an activating group) is 1. The third-order valence-corrected chi connectivity index (χ3v) is 5.53. The Labute approximate surface area is 172 Å². The minimum atomic E-state index is -0.819. The topological polar surface area (TPSA) is 98.6 Å². The lowest BCUT2D eigenvalue weighted by Gasteiger charge is -2.20. The van der Waals surface area contributed by atoms with Crippen LogP contribution in [0.25, 0.3) is 10.9 Å². The van der Waals surface area contributed by atoms with Crippen LogP contribution >= 0.6 is 0 Å². The molecule has 2 atom stereocenters. The molecule has 0 saturated carbocycles. The lowest BCUT2D eigenvalue weighted by Crippen LogP contribution is -2.49. The fourth-order valence-electron chi connectivity index (χ4n) is 3.86. The van der Waals surface area contributed by atoms with Crippen LogP contribution in [-0.2, 0) is 9.53 Å². The van der Waals surface area contributed by atoms with Gasteiger partial charge in [0.05, 0.1) is 30.0 Å². The van der Waals surface area contributed by atoms with Gasteiger partial charge in [-0.1, -0.05) is 12.1 Å². The maximum Gasteiger partial charge on any atom is 0.270 e. The van der Waals surface area contributed by atoms with Crippen molar-refractivity contribution in [2.24, 2.45) is 0 Å². The average molecular weight is 407 g/mol. The molecule has 154 valence electrons. The van der Waals surface area contributed by atoms with Crippen molar-refractivity contribution >= 4 is 28.4 Å². The van der Waals surface area contributed by atoms with E-state index in [1.807, 2.05) is 16.8 Å². The maximum absolute atomic E-state index is 12.9. The van der Waals surface area contributed by atoms with Gasteiger partial charge in [-0.2, -0.15) is 5.10 Å². The third kappa shape index (κ3) is 3.17. The Balaban J connectivity index is 1.38. The van der Waals surface area contributed by atoms with Gasteiger partial charge in [-0.3, -0.25) is 19.3 Å². The summed E-state index contributed by atoms with van der Waals surface area (Å²) in [4.78, 5) is 31.5. The molecule has 2 aliphatic rings. The van der Waals surface area contributed by atoms with Gasteiger partial charge in [-0.15, -0.1) is 0 Å². The van der Waals surface area contributed by atoms with Crippen LogP contribution in [0.4, 0.5) is 5.69 Å². The summed E-state index contributed by atoms with van der Waals surface area (Å²) in [5.41, 5.74) is 1.71. The molecule has 2 amide bonds. The quantitative estimate of drug-likeness (QED) is 0.707. The second-order valence-electron chi connectivity index (χ2n) is 7.44. The lowest BCUT2D eigenvalue weighted by molar-refractivity contribution is -0.120. The van der Waals surface area contributed by atoms with Gasteiger partial charge in [0.2, 0.25) is 0 Å². The summed E-state index contributed by atoms with van der Waals surface area (Å²) in [6, 6.07) is 8.31. The van der Waals surface area contributed by atoms with E-state index in [2.05, 4.69) is 15.4 Å². The van der Waals surface area contributed by atoms with Gasteiger partial charge in [-0.25, -0.2) is 0 Å². The number of nitrogens with one attached hydrogen (secondary N) is 1. The molecule has 0 spiro atoms. The average Bonchev–Trinajstić information content (AvgIpc) is 3.42. The summed E-state index contributed by atoms with van der Waals surface area (Å²) < 4.78 is 13.1. The normalized spacial score (nSPS) is 21.2. The summed E-state index contributed by atoms with van der Waals surface area (Å²) in [7, 11) is 1.67. The van der Waals surface area contributed by atoms with Gasteiger partial charge in [0.25, 0.3) is 11.8 Å². The molecule has 0 aliphatic carbocycles. The summed E-state index contributed by atoms with van der Waals surface area (Å²) in [5.74, 6) is -0.0801. The lowest BCUT2D eigenvalue weighted by atomic mass is 10.2. The molecule has 9 nitrogen and oxygen atoms in total. The smallest absolute Gasteiger partial charge is 0.270 e. The van der Waals surface area contributed by atoms with Crippen LogP contribution in [0, 0.1) is 0 Å². The standard InChI is InChI=1S/C21H21N5O4/c1-25-17-4-2-3-5-19(17)30-12-16(21(25)28)24-20(27)15-8-18-13(9-22-15)10-23-26(18)14-6-7-29-11-14/h2-5,8-10,14,16H,6-7,11-12H2,1H3,(H,24,27). The molecular formula is C21H21N5O4. The van der Waals surface area contributed by atoms with Crippen LogP contribution in [0.2, 0.25) is 0 Å². The van der Waals surface area contributed by atoms with Gasteiger partial charge < -0.3 is 19.7 Å². The number of carbonyl (C=O) groups is 2. The summed E-state index contributed by atoms with van der Waals surface area (Å²) in [5, 5.41) is 8.05. The molecule has 1 aromatic carbocycles. The highest BCUT2D eigenvalue weighted by atomic mass is 16.5. The number of amides is 2. The van der Waals surface area contributed by atoms with Crippen molar-refractivity contribution in [3.8, 4) is 5.75 Å². The SMILES string of the molecule is CN1C(=O)C(NC(=O)c2cc3c(cn2)cnn3C2CCOC2)COc2ccccc21. The van der Waals surface area contributed by atoms with Crippen molar-refractivity contribution in [2.75, 3.05) is 31.8 Å². The molecule has 1 fully saturated rings. The Morgan fingerprint density at radius 1 is 1.23 bits per heavy atom. The van der Waals surface area contributed by atoms with Gasteiger partial charge in [0, 0.05) is 25.2 Å². The number of nitrogens with zero attached hydrogens (tertiary/aromatic N) is 4. The van der Waals surface area contributed by atoms with E-state index in [-0.39, 0.29) is 24.2 Å². The molecule has 3 aromatic rings. The zero-order chi connectivity index (χ0) is 20.7. The molecule has 4 heterocycles. The first kappa shape index (κ1) is 18.6. The number of rotatable bonds is 3. The minimum absolute atomic E-state index is 0.0471. The Kier molecular flexibility index (Phi) is 4.59. The zero-order valence-corrected chi connectivity index (χ0v) is 16.4. The number of pyridine rings is 1. The van der Waals surface area contributed by atoms with Crippen molar-refractivity contribution in [2.45, 2.75) is 18.5 Å². The van der Waals surface area contributed by atoms with Gasteiger partial charge in [-0.05, 0) is 24.6 Å². The number of ether oxygens (including phenoxy) is 2. The number of hydrogen-bond acceptors (Lipinski definition) is 6. The van der Waals surface area contributed by atoms with E-state index >= 15 is 0 Å². The van der Waals surface area contributed by atoms with Crippen molar-refractivity contribution in [3.05, 3.63) is 48.4 Å². The van der Waals surface area contributed by atoms with Crippen molar-refractivity contribution < 1.29 is 19.1 Å². The highest BCUT2D eigenvalue weighted by molar-refractivity contribution is 6.03. The summed E-state index contributed by atoms with van der Waals surface area (Å²) >= 11 is 0. The van der Waals surface area contributed by atoms with Gasteiger partial charge >= 0.3 is 0 Å². The molecule has 30 heavy (non-hydrogen) atoms. The van der Waals surface area contributed by atoms with Crippen LogP contribution in [0.15, 0.2) is 42.7 Å². The van der Waals surface area contributed by atoms with Crippen LogP contribution in [-0.4, -0.2) is 59.5 Å². The number of fused-ring (bicyclic) bond motifs is 2. The Bertz CT molecular complexity index is 1120. The van der Waals surface area contributed by atoms with Crippen LogP contribution in [0.1, 0.15) is 23.0 Å². The number of hydrogen-bond donors (Lipinski definition) is 1.